The summed E-state index contributed by atoms with van der Waals surface area (Å²) >= 11 is 1.57. The van der Waals surface area contributed by atoms with E-state index in [9.17, 15) is 0 Å². The van der Waals surface area contributed by atoms with E-state index in [4.69, 9.17) is 5.73 Å². The van der Waals surface area contributed by atoms with Crippen LogP contribution in [-0.2, 0) is 6.42 Å². The van der Waals surface area contributed by atoms with E-state index >= 15 is 0 Å². The first-order valence-electron chi connectivity index (χ1n) is 5.31. The molecule has 0 atom stereocenters. The van der Waals surface area contributed by atoms with E-state index in [2.05, 4.69) is 37.9 Å². The summed E-state index contributed by atoms with van der Waals surface area (Å²) < 4.78 is 1.20. The number of nitrogens with two attached hydrogens (primary N) is 1. The number of fused-ring (bicyclic) bond motifs is 1. The second-order valence-corrected chi connectivity index (χ2v) is 5.11. The minimum atomic E-state index is 0.505. The zero-order valence-electron chi connectivity index (χ0n) is 9.37. The first-order chi connectivity index (χ1) is 7.13. The van der Waals surface area contributed by atoms with Gasteiger partial charge in [0.1, 0.15) is 0 Å². The van der Waals surface area contributed by atoms with Crippen LogP contribution >= 0.6 is 11.3 Å². The van der Waals surface area contributed by atoms with Gasteiger partial charge in [-0.15, -0.1) is 0 Å². The highest BCUT2D eigenvalue weighted by Crippen LogP contribution is 2.33. The van der Waals surface area contributed by atoms with Crippen molar-refractivity contribution in [1.82, 2.24) is 4.98 Å². The molecule has 3 heteroatoms. The van der Waals surface area contributed by atoms with Crippen LogP contribution in [0, 0.1) is 0 Å². The first kappa shape index (κ1) is 10.4. The summed E-state index contributed by atoms with van der Waals surface area (Å²) in [5.41, 5.74) is 9.62. The molecule has 2 aromatic rings. The van der Waals surface area contributed by atoms with Gasteiger partial charge >= 0.3 is 0 Å². The average molecular weight is 220 g/mol. The first-order valence-corrected chi connectivity index (χ1v) is 6.13. The second-order valence-electron chi connectivity index (χ2n) is 4.05. The smallest absolute Gasteiger partial charge is 0.181 e. The van der Waals surface area contributed by atoms with E-state index < -0.39 is 0 Å². The van der Waals surface area contributed by atoms with Gasteiger partial charge < -0.3 is 5.73 Å². The van der Waals surface area contributed by atoms with Crippen LogP contribution in [0.5, 0.6) is 0 Å². The topological polar surface area (TPSA) is 38.9 Å². The quantitative estimate of drug-likeness (QED) is 0.840. The summed E-state index contributed by atoms with van der Waals surface area (Å²) in [7, 11) is 0. The molecule has 2 nitrogen and oxygen atoms in total. The molecule has 0 spiro atoms. The monoisotopic (exact) mass is 220 g/mol. The van der Waals surface area contributed by atoms with Gasteiger partial charge in [0.2, 0.25) is 0 Å². The Kier molecular flexibility index (Phi) is 2.65. The lowest BCUT2D eigenvalue weighted by atomic mass is 9.95. The SMILES string of the molecule is CCc1ccc2sc(N)nc2c1C(C)C. The van der Waals surface area contributed by atoms with E-state index in [-0.39, 0.29) is 0 Å². The van der Waals surface area contributed by atoms with Gasteiger partial charge in [0.25, 0.3) is 0 Å². The Labute approximate surface area is 94.1 Å². The van der Waals surface area contributed by atoms with E-state index in [1.807, 2.05) is 0 Å². The Morgan fingerprint density at radius 1 is 1.40 bits per heavy atom. The van der Waals surface area contributed by atoms with Crippen LogP contribution in [0.1, 0.15) is 37.8 Å². The number of nitrogens with zero attached hydrogens (tertiary/aromatic N) is 1. The molecule has 0 amide bonds. The molecule has 0 bridgehead atoms. The summed E-state index contributed by atoms with van der Waals surface area (Å²) in [6.07, 6.45) is 1.06. The predicted molar refractivity (Wildman–Crippen MR) is 67.5 cm³/mol. The van der Waals surface area contributed by atoms with Gasteiger partial charge in [-0.1, -0.05) is 38.2 Å². The number of hydrogen-bond acceptors (Lipinski definition) is 3. The average Bonchev–Trinajstić information content (AvgIpc) is 2.55. The lowest BCUT2D eigenvalue weighted by molar-refractivity contribution is 0.852. The summed E-state index contributed by atoms with van der Waals surface area (Å²) in [6.45, 7) is 6.61. The summed E-state index contributed by atoms with van der Waals surface area (Å²) in [5.74, 6) is 0.505. The lowest BCUT2D eigenvalue weighted by Gasteiger charge is -2.11. The number of anilines is 1. The number of aromatic nitrogens is 1. The standard InChI is InChI=1S/C12H16N2S/c1-4-8-5-6-9-11(10(8)7(2)3)14-12(13)15-9/h5-7H,4H2,1-3H3,(H2,13,14). The van der Waals surface area contributed by atoms with E-state index in [1.54, 1.807) is 11.3 Å². The third-order valence-electron chi connectivity index (χ3n) is 2.67. The molecular weight excluding hydrogens is 204 g/mol. The van der Waals surface area contributed by atoms with Crippen LogP contribution < -0.4 is 5.73 Å². The molecule has 0 fully saturated rings. The highest BCUT2D eigenvalue weighted by molar-refractivity contribution is 7.22. The Hall–Kier alpha value is -1.09. The fraction of sp³-hybridized carbons (Fsp3) is 0.417. The number of nitrogen functional groups attached to an aromatic ring is 1. The highest BCUT2D eigenvalue weighted by Gasteiger charge is 2.13. The maximum Gasteiger partial charge on any atom is 0.181 e. The molecule has 1 aromatic carbocycles. The molecule has 0 unspecified atom stereocenters. The maximum atomic E-state index is 5.76. The van der Waals surface area contributed by atoms with Crippen LogP contribution in [0.15, 0.2) is 12.1 Å². The van der Waals surface area contributed by atoms with Gasteiger partial charge in [0, 0.05) is 0 Å². The van der Waals surface area contributed by atoms with Crippen molar-refractivity contribution >= 4 is 26.7 Å². The van der Waals surface area contributed by atoms with Gasteiger partial charge in [-0.2, -0.15) is 0 Å². The molecule has 0 saturated carbocycles. The Balaban J connectivity index is 2.78. The van der Waals surface area contributed by atoms with Gasteiger partial charge in [0.15, 0.2) is 5.13 Å². The third-order valence-corrected chi connectivity index (χ3v) is 3.51. The Morgan fingerprint density at radius 3 is 2.73 bits per heavy atom. The second kappa shape index (κ2) is 3.81. The molecule has 2 N–H and O–H groups in total. The Bertz CT molecular complexity index is 486. The molecule has 1 aromatic heterocycles. The van der Waals surface area contributed by atoms with Crippen molar-refractivity contribution in [2.75, 3.05) is 5.73 Å². The van der Waals surface area contributed by atoms with Crippen LogP contribution in [0.25, 0.3) is 10.2 Å². The fourth-order valence-electron chi connectivity index (χ4n) is 2.03. The molecule has 80 valence electrons. The fourth-order valence-corrected chi connectivity index (χ4v) is 2.78. The molecule has 0 aliphatic carbocycles. The highest BCUT2D eigenvalue weighted by atomic mass is 32.1. The van der Waals surface area contributed by atoms with Crippen molar-refractivity contribution in [2.24, 2.45) is 0 Å². The zero-order valence-corrected chi connectivity index (χ0v) is 10.2. The molecule has 2 rings (SSSR count). The maximum absolute atomic E-state index is 5.76. The lowest BCUT2D eigenvalue weighted by Crippen LogP contribution is -1.96. The molecule has 0 saturated heterocycles. The van der Waals surface area contributed by atoms with Crippen molar-refractivity contribution in [3.05, 3.63) is 23.3 Å². The van der Waals surface area contributed by atoms with Gasteiger partial charge in [0.05, 0.1) is 10.2 Å². The molecule has 0 radical (unpaired) electrons. The van der Waals surface area contributed by atoms with Gasteiger partial charge in [-0.05, 0) is 29.5 Å². The number of hydrogen-bond donors (Lipinski definition) is 1. The number of benzene rings is 1. The minimum absolute atomic E-state index is 0.505. The van der Waals surface area contributed by atoms with Crippen molar-refractivity contribution in [1.29, 1.82) is 0 Å². The third kappa shape index (κ3) is 1.72. The van der Waals surface area contributed by atoms with Gasteiger partial charge in [-0.25, -0.2) is 4.98 Å². The van der Waals surface area contributed by atoms with E-state index in [1.165, 1.54) is 15.8 Å². The largest absolute Gasteiger partial charge is 0.375 e. The van der Waals surface area contributed by atoms with Crippen molar-refractivity contribution in [3.63, 3.8) is 0 Å². The van der Waals surface area contributed by atoms with Crippen LogP contribution in [0.3, 0.4) is 0 Å². The zero-order chi connectivity index (χ0) is 11.0. The van der Waals surface area contributed by atoms with Crippen molar-refractivity contribution in [2.45, 2.75) is 33.1 Å². The predicted octanol–water partition coefficient (Wildman–Crippen LogP) is 3.56. The molecular formula is C12H16N2S. The Morgan fingerprint density at radius 2 is 2.13 bits per heavy atom. The molecule has 15 heavy (non-hydrogen) atoms. The summed E-state index contributed by atoms with van der Waals surface area (Å²) in [5, 5.41) is 0.667. The molecule has 0 aliphatic rings. The molecule has 1 heterocycles. The van der Waals surface area contributed by atoms with Crippen LogP contribution in [0.4, 0.5) is 5.13 Å². The van der Waals surface area contributed by atoms with E-state index in [0.29, 0.717) is 11.0 Å². The number of aryl methyl sites for hydroxylation is 1. The summed E-state index contributed by atoms with van der Waals surface area (Å²) in [6, 6.07) is 4.34. The summed E-state index contributed by atoms with van der Waals surface area (Å²) in [4.78, 5) is 4.44. The van der Waals surface area contributed by atoms with Gasteiger partial charge in [-0.3, -0.25) is 0 Å². The van der Waals surface area contributed by atoms with Crippen molar-refractivity contribution < 1.29 is 0 Å². The number of rotatable bonds is 2. The van der Waals surface area contributed by atoms with Crippen molar-refractivity contribution in [3.8, 4) is 0 Å². The van der Waals surface area contributed by atoms with E-state index in [0.717, 1.165) is 11.9 Å². The van der Waals surface area contributed by atoms with Crippen LogP contribution in [-0.4, -0.2) is 4.98 Å². The molecule has 0 aliphatic heterocycles. The normalized spacial score (nSPS) is 11.5. The van der Waals surface area contributed by atoms with Crippen LogP contribution in [0.2, 0.25) is 0 Å². The number of thiazole rings is 1. The minimum Gasteiger partial charge on any atom is -0.375 e.